The zero-order valence-electron chi connectivity index (χ0n) is 10.9. The maximum absolute atomic E-state index is 11.8. The molecule has 1 aromatic carbocycles. The number of likely N-dealkylation sites (N-methyl/N-ethyl adjacent to an activating group) is 1. The normalized spacial score (nSPS) is 12.6. The van der Waals surface area contributed by atoms with Crippen LogP contribution in [0.2, 0.25) is 0 Å². The van der Waals surface area contributed by atoms with Gasteiger partial charge in [0.15, 0.2) is 0 Å². The smallest absolute Gasteiger partial charge is 0.238 e. The van der Waals surface area contributed by atoms with Gasteiger partial charge in [0.2, 0.25) is 5.91 Å². The molecule has 4 nitrogen and oxygen atoms in total. The van der Waals surface area contributed by atoms with Gasteiger partial charge in [0.25, 0.3) is 0 Å². The maximum atomic E-state index is 11.8. The second-order valence-corrected chi connectivity index (χ2v) is 5.47. The minimum absolute atomic E-state index is 0.0800. The molecule has 18 heavy (non-hydrogen) atoms. The van der Waals surface area contributed by atoms with E-state index in [0.717, 1.165) is 15.7 Å². The van der Waals surface area contributed by atoms with Crippen molar-refractivity contribution in [2.45, 2.75) is 20.0 Å². The minimum atomic E-state index is -0.433. The van der Waals surface area contributed by atoms with Crippen LogP contribution in [0, 0.1) is 6.92 Å². The van der Waals surface area contributed by atoms with Crippen LogP contribution in [0.4, 0.5) is 5.69 Å². The van der Waals surface area contributed by atoms with Crippen molar-refractivity contribution in [3.8, 4) is 0 Å². The van der Waals surface area contributed by atoms with E-state index in [9.17, 15) is 9.90 Å². The topological polar surface area (TPSA) is 52.6 Å². The van der Waals surface area contributed by atoms with Crippen LogP contribution in [0.5, 0.6) is 0 Å². The molecule has 1 unspecified atom stereocenters. The Morgan fingerprint density at radius 1 is 1.56 bits per heavy atom. The van der Waals surface area contributed by atoms with Crippen molar-refractivity contribution in [3.63, 3.8) is 0 Å². The number of hydrogen-bond acceptors (Lipinski definition) is 3. The van der Waals surface area contributed by atoms with Gasteiger partial charge < -0.3 is 10.4 Å². The van der Waals surface area contributed by atoms with Gasteiger partial charge in [-0.3, -0.25) is 9.69 Å². The van der Waals surface area contributed by atoms with E-state index in [2.05, 4.69) is 21.2 Å². The molecule has 0 fully saturated rings. The molecule has 0 aliphatic rings. The summed E-state index contributed by atoms with van der Waals surface area (Å²) in [4.78, 5) is 13.6. The number of nitrogens with zero attached hydrogens (tertiary/aromatic N) is 1. The number of nitrogens with one attached hydrogen (secondary N) is 1. The number of aliphatic hydroxyl groups is 1. The molecule has 0 aromatic heterocycles. The van der Waals surface area contributed by atoms with Crippen molar-refractivity contribution >= 4 is 27.5 Å². The fraction of sp³-hybridized carbons (Fsp3) is 0.462. The summed E-state index contributed by atoms with van der Waals surface area (Å²) >= 11 is 3.38. The molecule has 5 heteroatoms. The first kappa shape index (κ1) is 15.1. The number of benzene rings is 1. The molecule has 0 bridgehead atoms. The van der Waals surface area contributed by atoms with Crippen molar-refractivity contribution in [2.24, 2.45) is 0 Å². The van der Waals surface area contributed by atoms with Gasteiger partial charge in [-0.1, -0.05) is 15.9 Å². The molecule has 2 N–H and O–H groups in total. The average Bonchev–Trinajstić information content (AvgIpc) is 2.20. The van der Waals surface area contributed by atoms with Crippen molar-refractivity contribution in [2.75, 3.05) is 25.5 Å². The molecule has 1 amide bonds. The summed E-state index contributed by atoms with van der Waals surface area (Å²) in [6.45, 7) is 4.39. The Balaban J connectivity index is 2.54. The first-order chi connectivity index (χ1) is 8.38. The highest BCUT2D eigenvalue weighted by molar-refractivity contribution is 9.10. The van der Waals surface area contributed by atoms with Crippen LogP contribution in [0.3, 0.4) is 0 Å². The van der Waals surface area contributed by atoms with Crippen molar-refractivity contribution in [1.29, 1.82) is 0 Å². The third-order valence-electron chi connectivity index (χ3n) is 2.45. The van der Waals surface area contributed by atoms with Gasteiger partial charge in [0.05, 0.1) is 12.6 Å². The van der Waals surface area contributed by atoms with Crippen molar-refractivity contribution < 1.29 is 9.90 Å². The molecule has 0 aliphatic heterocycles. The van der Waals surface area contributed by atoms with Crippen LogP contribution in [0.25, 0.3) is 0 Å². The van der Waals surface area contributed by atoms with Gasteiger partial charge >= 0.3 is 0 Å². The van der Waals surface area contributed by atoms with E-state index in [1.165, 1.54) is 0 Å². The van der Waals surface area contributed by atoms with Gasteiger partial charge in [-0.2, -0.15) is 0 Å². The van der Waals surface area contributed by atoms with Gasteiger partial charge in [-0.15, -0.1) is 0 Å². The second kappa shape index (κ2) is 6.87. The number of carbonyl (C=O) groups is 1. The summed E-state index contributed by atoms with van der Waals surface area (Å²) in [6.07, 6.45) is -0.433. The Kier molecular flexibility index (Phi) is 5.78. The van der Waals surface area contributed by atoms with Crippen LogP contribution < -0.4 is 5.32 Å². The van der Waals surface area contributed by atoms with E-state index in [1.807, 2.05) is 25.1 Å². The van der Waals surface area contributed by atoms with Gasteiger partial charge in [0, 0.05) is 16.7 Å². The average molecular weight is 315 g/mol. The number of aliphatic hydroxyl groups excluding tert-OH is 1. The van der Waals surface area contributed by atoms with E-state index >= 15 is 0 Å². The Morgan fingerprint density at radius 3 is 2.78 bits per heavy atom. The molecule has 0 heterocycles. The van der Waals surface area contributed by atoms with Crippen LogP contribution in [-0.2, 0) is 4.79 Å². The molecular weight excluding hydrogens is 296 g/mol. The fourth-order valence-corrected chi connectivity index (χ4v) is 2.19. The van der Waals surface area contributed by atoms with E-state index in [4.69, 9.17) is 0 Å². The Labute approximate surface area is 116 Å². The zero-order valence-corrected chi connectivity index (χ0v) is 12.5. The molecule has 0 aliphatic carbocycles. The van der Waals surface area contributed by atoms with Crippen LogP contribution in [0.15, 0.2) is 22.7 Å². The molecule has 0 saturated carbocycles. The van der Waals surface area contributed by atoms with Crippen molar-refractivity contribution in [3.05, 3.63) is 28.2 Å². The Morgan fingerprint density at radius 2 is 2.22 bits per heavy atom. The number of hydrogen-bond donors (Lipinski definition) is 2. The highest BCUT2D eigenvalue weighted by Crippen LogP contribution is 2.19. The third kappa shape index (κ3) is 5.16. The summed E-state index contributed by atoms with van der Waals surface area (Å²) in [7, 11) is 1.81. The number of anilines is 1. The molecule has 1 rings (SSSR count). The first-order valence-electron chi connectivity index (χ1n) is 5.81. The SMILES string of the molecule is Cc1cc(Br)ccc1NC(=O)CN(C)CC(C)O. The summed E-state index contributed by atoms with van der Waals surface area (Å²) in [5.74, 6) is -0.0800. The lowest BCUT2D eigenvalue weighted by Crippen LogP contribution is -2.34. The molecule has 1 aromatic rings. The van der Waals surface area contributed by atoms with Gasteiger partial charge in [0.1, 0.15) is 0 Å². The Bertz CT molecular complexity index is 421. The Hall–Kier alpha value is -0.910. The van der Waals surface area contributed by atoms with E-state index < -0.39 is 6.10 Å². The maximum Gasteiger partial charge on any atom is 0.238 e. The second-order valence-electron chi connectivity index (χ2n) is 4.55. The number of rotatable bonds is 5. The van der Waals surface area contributed by atoms with Gasteiger partial charge in [-0.25, -0.2) is 0 Å². The van der Waals surface area contributed by atoms with Crippen LogP contribution in [-0.4, -0.2) is 42.2 Å². The lowest BCUT2D eigenvalue weighted by atomic mass is 10.2. The minimum Gasteiger partial charge on any atom is -0.392 e. The summed E-state index contributed by atoms with van der Waals surface area (Å²) in [6, 6.07) is 5.71. The molecule has 0 spiro atoms. The fourth-order valence-electron chi connectivity index (χ4n) is 1.72. The van der Waals surface area contributed by atoms with Gasteiger partial charge in [-0.05, 0) is 44.7 Å². The van der Waals surface area contributed by atoms with E-state index in [0.29, 0.717) is 6.54 Å². The predicted molar refractivity (Wildman–Crippen MR) is 76.7 cm³/mol. The predicted octanol–water partition coefficient (Wildman–Crippen LogP) is 2.01. The molecular formula is C13H19BrN2O2. The molecule has 100 valence electrons. The largest absolute Gasteiger partial charge is 0.392 e. The van der Waals surface area contributed by atoms with Crippen molar-refractivity contribution in [1.82, 2.24) is 4.90 Å². The first-order valence-corrected chi connectivity index (χ1v) is 6.60. The van der Waals surface area contributed by atoms with Crippen LogP contribution in [0.1, 0.15) is 12.5 Å². The zero-order chi connectivity index (χ0) is 13.7. The summed E-state index contributed by atoms with van der Waals surface area (Å²) in [5.41, 5.74) is 1.82. The quantitative estimate of drug-likeness (QED) is 0.874. The van der Waals surface area contributed by atoms with E-state index in [-0.39, 0.29) is 12.5 Å². The highest BCUT2D eigenvalue weighted by Gasteiger charge is 2.09. The summed E-state index contributed by atoms with van der Waals surface area (Å²) in [5, 5.41) is 12.1. The number of carbonyl (C=O) groups excluding carboxylic acids is 1. The lowest BCUT2D eigenvalue weighted by Gasteiger charge is -2.18. The number of amides is 1. The van der Waals surface area contributed by atoms with E-state index in [1.54, 1.807) is 18.9 Å². The monoisotopic (exact) mass is 314 g/mol. The number of aryl methyl sites for hydroxylation is 1. The summed E-state index contributed by atoms with van der Waals surface area (Å²) < 4.78 is 0.990. The molecule has 0 saturated heterocycles. The molecule has 0 radical (unpaired) electrons. The number of halogens is 1. The third-order valence-corrected chi connectivity index (χ3v) is 2.95. The lowest BCUT2D eigenvalue weighted by molar-refractivity contribution is -0.117. The molecule has 1 atom stereocenters. The highest BCUT2D eigenvalue weighted by atomic mass is 79.9. The van der Waals surface area contributed by atoms with Crippen LogP contribution >= 0.6 is 15.9 Å². The standard InChI is InChI=1S/C13H19BrN2O2/c1-9-6-11(14)4-5-12(9)15-13(18)8-16(3)7-10(2)17/h4-6,10,17H,7-8H2,1-3H3,(H,15,18).